The first-order valence-corrected chi connectivity index (χ1v) is 14.5. The largest absolute Gasteiger partial charge is 0.493 e. The zero-order valence-corrected chi connectivity index (χ0v) is 26.1. The summed E-state index contributed by atoms with van der Waals surface area (Å²) in [6.07, 6.45) is 1.50. The average Bonchev–Trinajstić information content (AvgIpc) is 3.63. The van der Waals surface area contributed by atoms with Gasteiger partial charge >= 0.3 is 5.91 Å². The minimum atomic E-state index is -0.490. The molecule has 0 bridgehead atoms. The maximum absolute atomic E-state index is 12.6. The second-order valence-electron chi connectivity index (χ2n) is 9.64. The van der Waals surface area contributed by atoms with Crippen molar-refractivity contribution in [3.8, 4) is 22.9 Å². The number of methoxy groups -OCH3 is 1. The van der Waals surface area contributed by atoms with Crippen molar-refractivity contribution in [2.24, 2.45) is 5.10 Å². The Labute approximate surface area is 263 Å². The van der Waals surface area contributed by atoms with Crippen LogP contribution in [0.5, 0.6) is 17.2 Å². The van der Waals surface area contributed by atoms with Gasteiger partial charge in [-0.25, -0.2) is 5.43 Å². The standard InChI is InChI=1S/C33H29BrClN3O5/c1-21-4-5-22(2)38(21)26-10-12-27(13-11-26)41-20-28-14-15-30(43-28)33(39)37-36-18-24-16-31(40-3)32(17-29(24)34)42-19-23-6-8-25(35)9-7-23/h4-18H,19-20H2,1-3H3,(H,37,39)/b36-18+. The van der Waals surface area contributed by atoms with E-state index in [1.165, 1.54) is 6.21 Å². The van der Waals surface area contributed by atoms with Crippen molar-refractivity contribution in [2.45, 2.75) is 27.1 Å². The third-order valence-electron chi connectivity index (χ3n) is 6.59. The van der Waals surface area contributed by atoms with Crippen molar-refractivity contribution in [3.05, 3.63) is 128 Å². The Morgan fingerprint density at radius 2 is 1.65 bits per heavy atom. The summed E-state index contributed by atoms with van der Waals surface area (Å²) in [6.45, 7) is 4.67. The van der Waals surface area contributed by atoms with E-state index in [4.69, 9.17) is 30.2 Å². The van der Waals surface area contributed by atoms with Gasteiger partial charge in [0.05, 0.1) is 13.3 Å². The van der Waals surface area contributed by atoms with E-state index < -0.39 is 5.91 Å². The Balaban J connectivity index is 1.14. The van der Waals surface area contributed by atoms with Crippen molar-refractivity contribution >= 4 is 39.7 Å². The van der Waals surface area contributed by atoms with E-state index in [-0.39, 0.29) is 12.4 Å². The first kappa shape index (κ1) is 30.0. The van der Waals surface area contributed by atoms with Gasteiger partial charge in [-0.3, -0.25) is 4.79 Å². The van der Waals surface area contributed by atoms with Crippen LogP contribution in [0.25, 0.3) is 5.69 Å². The predicted molar refractivity (Wildman–Crippen MR) is 170 cm³/mol. The van der Waals surface area contributed by atoms with Gasteiger partial charge in [-0.2, -0.15) is 5.10 Å². The molecule has 0 saturated carbocycles. The van der Waals surface area contributed by atoms with Gasteiger partial charge in [0.25, 0.3) is 0 Å². The summed E-state index contributed by atoms with van der Waals surface area (Å²) in [7, 11) is 1.56. The van der Waals surface area contributed by atoms with Crippen LogP contribution in [0.2, 0.25) is 5.02 Å². The number of hydrazone groups is 1. The molecule has 3 aromatic carbocycles. The van der Waals surface area contributed by atoms with Gasteiger partial charge < -0.3 is 23.2 Å². The Kier molecular flexibility index (Phi) is 9.54. The number of hydrogen-bond donors (Lipinski definition) is 1. The molecule has 0 aliphatic rings. The van der Waals surface area contributed by atoms with Crippen LogP contribution in [0.15, 0.2) is 98.9 Å². The molecule has 1 amide bonds. The topological polar surface area (TPSA) is 87.2 Å². The number of nitrogens with zero attached hydrogens (tertiary/aromatic N) is 2. The molecule has 0 atom stereocenters. The van der Waals surface area contributed by atoms with Crippen LogP contribution >= 0.6 is 27.5 Å². The van der Waals surface area contributed by atoms with E-state index in [9.17, 15) is 4.79 Å². The number of aryl methyl sites for hydroxylation is 2. The quantitative estimate of drug-likeness (QED) is 0.114. The van der Waals surface area contributed by atoms with E-state index in [2.05, 4.69) is 57.0 Å². The molecule has 0 unspecified atom stereocenters. The molecular weight excluding hydrogens is 634 g/mol. The van der Waals surface area contributed by atoms with Gasteiger partial charge in [0.1, 0.15) is 24.7 Å². The van der Waals surface area contributed by atoms with Crippen molar-refractivity contribution in [3.63, 3.8) is 0 Å². The van der Waals surface area contributed by atoms with Gasteiger partial charge in [0.2, 0.25) is 0 Å². The number of furan rings is 1. The number of rotatable bonds is 11. The lowest BCUT2D eigenvalue weighted by molar-refractivity contribution is 0.0923. The number of carbonyl (C=O) groups excluding carboxylic acids is 1. The van der Waals surface area contributed by atoms with Gasteiger partial charge in [-0.15, -0.1) is 0 Å². The van der Waals surface area contributed by atoms with Crippen LogP contribution in [-0.2, 0) is 13.2 Å². The molecule has 2 heterocycles. The van der Waals surface area contributed by atoms with Gasteiger partial charge in [-0.1, -0.05) is 23.7 Å². The number of carbonyl (C=O) groups is 1. The molecule has 5 rings (SSSR count). The van der Waals surface area contributed by atoms with Crippen molar-refractivity contribution in [2.75, 3.05) is 7.11 Å². The number of halogens is 2. The van der Waals surface area contributed by atoms with E-state index in [1.807, 2.05) is 48.5 Å². The molecule has 0 aliphatic carbocycles. The monoisotopic (exact) mass is 661 g/mol. The van der Waals surface area contributed by atoms with Crippen molar-refractivity contribution in [1.82, 2.24) is 9.99 Å². The molecule has 2 aromatic heterocycles. The molecule has 43 heavy (non-hydrogen) atoms. The SMILES string of the molecule is COc1cc(/C=N/NC(=O)c2ccc(COc3ccc(-n4c(C)ccc4C)cc3)o2)c(Br)cc1OCc1ccc(Cl)cc1. The fourth-order valence-electron chi connectivity index (χ4n) is 4.38. The summed E-state index contributed by atoms with van der Waals surface area (Å²) >= 11 is 9.48. The normalized spacial score (nSPS) is 11.1. The van der Waals surface area contributed by atoms with Crippen LogP contribution in [0.4, 0.5) is 0 Å². The fraction of sp³-hybridized carbons (Fsp3) is 0.152. The smallest absolute Gasteiger partial charge is 0.307 e. The molecule has 0 aliphatic heterocycles. The summed E-state index contributed by atoms with van der Waals surface area (Å²) in [5.41, 5.74) is 7.52. The van der Waals surface area contributed by atoms with Gasteiger partial charge in [0, 0.05) is 32.1 Å². The minimum absolute atomic E-state index is 0.118. The van der Waals surface area contributed by atoms with Crippen LogP contribution in [0, 0.1) is 13.8 Å². The summed E-state index contributed by atoms with van der Waals surface area (Å²) in [5.74, 6) is 1.91. The Morgan fingerprint density at radius 1 is 0.930 bits per heavy atom. The Morgan fingerprint density at radius 3 is 2.35 bits per heavy atom. The molecular formula is C33H29BrClN3O5. The Hall–Kier alpha value is -4.47. The predicted octanol–water partition coefficient (Wildman–Crippen LogP) is 8.03. The first-order chi connectivity index (χ1) is 20.8. The Bertz CT molecular complexity index is 1720. The first-order valence-electron chi connectivity index (χ1n) is 13.4. The second-order valence-corrected chi connectivity index (χ2v) is 10.9. The van der Waals surface area contributed by atoms with E-state index >= 15 is 0 Å². The van der Waals surface area contributed by atoms with E-state index in [1.54, 1.807) is 31.4 Å². The molecule has 0 radical (unpaired) electrons. The van der Waals surface area contributed by atoms with Gasteiger partial charge in [0.15, 0.2) is 17.3 Å². The lowest BCUT2D eigenvalue weighted by Gasteiger charge is -2.13. The van der Waals surface area contributed by atoms with Gasteiger partial charge in [-0.05, 0) is 108 Å². The number of hydrogen-bond acceptors (Lipinski definition) is 6. The lowest BCUT2D eigenvalue weighted by Crippen LogP contribution is -2.16. The van der Waals surface area contributed by atoms with Crippen LogP contribution < -0.4 is 19.6 Å². The van der Waals surface area contributed by atoms with Crippen LogP contribution in [-0.4, -0.2) is 23.8 Å². The molecule has 0 saturated heterocycles. The highest BCUT2D eigenvalue weighted by atomic mass is 79.9. The number of ether oxygens (including phenoxy) is 3. The average molecular weight is 663 g/mol. The third-order valence-corrected chi connectivity index (χ3v) is 7.53. The molecule has 8 nitrogen and oxygen atoms in total. The molecule has 0 fully saturated rings. The van der Waals surface area contributed by atoms with Crippen molar-refractivity contribution < 1.29 is 23.4 Å². The summed E-state index contributed by atoms with van der Waals surface area (Å²) in [5, 5.41) is 4.74. The second kappa shape index (κ2) is 13.7. The van der Waals surface area contributed by atoms with E-state index in [0.717, 1.165) is 22.6 Å². The number of amides is 1. The highest BCUT2D eigenvalue weighted by molar-refractivity contribution is 9.10. The molecule has 1 N–H and O–H groups in total. The number of nitrogens with one attached hydrogen (secondary N) is 1. The lowest BCUT2D eigenvalue weighted by atomic mass is 10.2. The highest BCUT2D eigenvalue weighted by Gasteiger charge is 2.13. The number of benzene rings is 3. The zero-order valence-electron chi connectivity index (χ0n) is 23.8. The summed E-state index contributed by atoms with van der Waals surface area (Å²) < 4.78 is 25.8. The third kappa shape index (κ3) is 7.49. The highest BCUT2D eigenvalue weighted by Crippen LogP contribution is 2.33. The zero-order chi connectivity index (χ0) is 30.3. The van der Waals surface area contributed by atoms with E-state index in [0.29, 0.717) is 44.7 Å². The maximum atomic E-state index is 12.6. The molecule has 5 aromatic rings. The molecule has 10 heteroatoms. The minimum Gasteiger partial charge on any atom is -0.493 e. The molecule has 0 spiro atoms. The molecule has 220 valence electrons. The fourth-order valence-corrected chi connectivity index (χ4v) is 4.93. The maximum Gasteiger partial charge on any atom is 0.307 e. The van der Waals surface area contributed by atoms with Crippen molar-refractivity contribution in [1.29, 1.82) is 0 Å². The summed E-state index contributed by atoms with van der Waals surface area (Å²) in [6, 6.07) is 26.2. The number of aromatic nitrogens is 1. The van der Waals surface area contributed by atoms with Crippen LogP contribution in [0.3, 0.4) is 0 Å². The van der Waals surface area contributed by atoms with Crippen LogP contribution in [0.1, 0.15) is 38.8 Å². The summed E-state index contributed by atoms with van der Waals surface area (Å²) in [4.78, 5) is 12.6.